The van der Waals surface area contributed by atoms with Crippen molar-refractivity contribution in [1.82, 2.24) is 4.57 Å². The number of hydrogen-bond donors (Lipinski definition) is 0. The second kappa shape index (κ2) is 9.71. The fraction of sp³-hybridized carbons (Fsp3) is 0.0952. The molecule has 9 rings (SSSR count). The van der Waals surface area contributed by atoms with E-state index < -0.39 is 0 Å². The molecular formula is C42H31N. The van der Waals surface area contributed by atoms with Crippen LogP contribution in [0.5, 0.6) is 0 Å². The predicted molar refractivity (Wildman–Crippen MR) is 184 cm³/mol. The average Bonchev–Trinajstić information content (AvgIpc) is 3.42. The van der Waals surface area contributed by atoms with E-state index in [0.29, 0.717) is 0 Å². The zero-order chi connectivity index (χ0) is 28.3. The Kier molecular flexibility index (Phi) is 5.52. The second-order valence-electron chi connectivity index (χ2n) is 11.8. The van der Waals surface area contributed by atoms with E-state index in [0.717, 1.165) is 25.7 Å². The Labute approximate surface area is 251 Å². The normalized spacial score (nSPS) is 14.0. The molecule has 1 nitrogen and oxygen atoms in total. The van der Waals surface area contributed by atoms with Crippen molar-refractivity contribution >= 4 is 50.8 Å². The van der Waals surface area contributed by atoms with E-state index in [4.69, 9.17) is 0 Å². The van der Waals surface area contributed by atoms with Gasteiger partial charge in [-0.2, -0.15) is 0 Å². The highest BCUT2D eigenvalue weighted by Crippen LogP contribution is 2.40. The van der Waals surface area contributed by atoms with E-state index in [2.05, 4.69) is 144 Å². The molecule has 2 aliphatic carbocycles. The van der Waals surface area contributed by atoms with Crippen LogP contribution in [0.3, 0.4) is 0 Å². The van der Waals surface area contributed by atoms with Crippen LogP contribution in [-0.4, -0.2) is 4.57 Å². The first-order valence-corrected chi connectivity index (χ1v) is 15.5. The third-order valence-corrected chi connectivity index (χ3v) is 9.46. The molecule has 0 radical (unpaired) electrons. The van der Waals surface area contributed by atoms with Gasteiger partial charge in [-0.25, -0.2) is 0 Å². The molecule has 0 bridgehead atoms. The minimum Gasteiger partial charge on any atom is -0.309 e. The molecule has 0 aliphatic heterocycles. The van der Waals surface area contributed by atoms with Gasteiger partial charge in [-0.3, -0.25) is 0 Å². The maximum absolute atomic E-state index is 2.50. The van der Waals surface area contributed by atoms with Gasteiger partial charge in [-0.15, -0.1) is 0 Å². The van der Waals surface area contributed by atoms with Gasteiger partial charge in [0.05, 0.1) is 11.0 Å². The summed E-state index contributed by atoms with van der Waals surface area (Å²) in [5, 5.41) is 8.03. The number of rotatable bonds is 3. The van der Waals surface area contributed by atoms with Crippen LogP contribution in [0.25, 0.3) is 78.7 Å². The van der Waals surface area contributed by atoms with Crippen molar-refractivity contribution in [3.8, 4) is 27.9 Å². The van der Waals surface area contributed by atoms with E-state index >= 15 is 0 Å². The fourth-order valence-corrected chi connectivity index (χ4v) is 7.66. The first-order chi connectivity index (χ1) is 21.4. The Bertz CT molecular complexity index is 2370. The van der Waals surface area contributed by atoms with Crippen molar-refractivity contribution in [1.29, 1.82) is 0 Å². The summed E-state index contributed by atoms with van der Waals surface area (Å²) < 4.78 is 2.47. The summed E-state index contributed by atoms with van der Waals surface area (Å²) in [5.74, 6) is 0. The third-order valence-electron chi connectivity index (χ3n) is 9.46. The Balaban J connectivity index is 1.41. The van der Waals surface area contributed by atoms with Crippen molar-refractivity contribution in [2.45, 2.75) is 25.7 Å². The standard InChI is InChI=1S/C42H31N/c1-3-14-29(15-4-1)40-33-19-9-11-21-35(33)41(36-22-12-10-20-34(36)40)30-23-25-37-39(27-30)43(31-16-5-2-6-17-31)38-26-24-28-13-7-8-18-32(28)42(37)38/h1-9,13-20,22-27H,10-12,21H2. The predicted octanol–water partition coefficient (Wildman–Crippen LogP) is 9.59. The van der Waals surface area contributed by atoms with Gasteiger partial charge in [0.2, 0.25) is 0 Å². The highest BCUT2D eigenvalue weighted by atomic mass is 15.0. The van der Waals surface area contributed by atoms with E-state index in [1.54, 1.807) is 0 Å². The van der Waals surface area contributed by atoms with Crippen LogP contribution in [-0.2, 0) is 6.42 Å². The van der Waals surface area contributed by atoms with Crippen molar-refractivity contribution < 1.29 is 0 Å². The largest absolute Gasteiger partial charge is 0.309 e. The van der Waals surface area contributed by atoms with Crippen molar-refractivity contribution in [3.05, 3.63) is 143 Å². The Morgan fingerprint density at radius 1 is 0.535 bits per heavy atom. The molecule has 43 heavy (non-hydrogen) atoms. The lowest BCUT2D eigenvalue weighted by molar-refractivity contribution is 0.982. The number of benzene rings is 6. The summed E-state index contributed by atoms with van der Waals surface area (Å²) >= 11 is 0. The lowest BCUT2D eigenvalue weighted by Gasteiger charge is -2.23. The molecule has 1 heterocycles. The number of nitrogens with zero attached hydrogens (tertiary/aromatic N) is 1. The lowest BCUT2D eigenvalue weighted by Crippen LogP contribution is -2.33. The van der Waals surface area contributed by atoms with Gasteiger partial charge in [0.1, 0.15) is 0 Å². The van der Waals surface area contributed by atoms with E-state index in [1.807, 2.05) is 0 Å². The summed E-state index contributed by atoms with van der Waals surface area (Å²) in [6.07, 6.45) is 14.0. The van der Waals surface area contributed by atoms with Gasteiger partial charge in [0.15, 0.2) is 0 Å². The van der Waals surface area contributed by atoms with Crippen LogP contribution in [0, 0.1) is 0 Å². The molecule has 0 spiro atoms. The third kappa shape index (κ3) is 3.71. The molecule has 6 aromatic carbocycles. The number of aromatic nitrogens is 1. The van der Waals surface area contributed by atoms with Crippen molar-refractivity contribution in [3.63, 3.8) is 0 Å². The minimum atomic E-state index is 1.06. The zero-order valence-corrected chi connectivity index (χ0v) is 24.1. The van der Waals surface area contributed by atoms with Gasteiger partial charge in [-0.1, -0.05) is 115 Å². The number of para-hydroxylation sites is 1. The topological polar surface area (TPSA) is 4.93 Å². The minimum absolute atomic E-state index is 1.06. The Morgan fingerprint density at radius 3 is 2.12 bits per heavy atom. The van der Waals surface area contributed by atoms with Crippen LogP contribution in [0.4, 0.5) is 0 Å². The summed E-state index contributed by atoms with van der Waals surface area (Å²) in [7, 11) is 0. The summed E-state index contributed by atoms with van der Waals surface area (Å²) in [5.41, 5.74) is 12.0. The molecule has 204 valence electrons. The first kappa shape index (κ1) is 24.5. The average molecular weight is 550 g/mol. The Morgan fingerprint density at radius 2 is 1.28 bits per heavy atom. The van der Waals surface area contributed by atoms with Gasteiger partial charge in [0, 0.05) is 16.5 Å². The molecule has 0 saturated carbocycles. The molecule has 7 aromatic rings. The summed E-state index contributed by atoms with van der Waals surface area (Å²) in [6, 6.07) is 42.4. The molecule has 0 N–H and O–H groups in total. The summed E-state index contributed by atoms with van der Waals surface area (Å²) in [4.78, 5) is 0. The van der Waals surface area contributed by atoms with E-state index in [1.165, 1.54) is 82.1 Å². The number of fused-ring (bicyclic) bond motifs is 7. The van der Waals surface area contributed by atoms with Gasteiger partial charge < -0.3 is 4.57 Å². The molecule has 0 unspecified atom stereocenters. The number of allylic oxidation sites excluding steroid dienone is 1. The van der Waals surface area contributed by atoms with Gasteiger partial charge in [-0.05, 0) is 105 Å². The Hall–Kier alpha value is -5.14. The van der Waals surface area contributed by atoms with Gasteiger partial charge >= 0.3 is 0 Å². The molecule has 1 aromatic heterocycles. The van der Waals surface area contributed by atoms with Crippen molar-refractivity contribution in [2.24, 2.45) is 0 Å². The first-order valence-electron chi connectivity index (χ1n) is 15.5. The molecule has 0 saturated heterocycles. The van der Waals surface area contributed by atoms with Crippen LogP contribution < -0.4 is 10.4 Å². The fourth-order valence-electron chi connectivity index (χ4n) is 7.66. The second-order valence-corrected chi connectivity index (χ2v) is 11.8. The quantitative estimate of drug-likeness (QED) is 0.207. The van der Waals surface area contributed by atoms with Crippen LogP contribution in [0.1, 0.15) is 30.4 Å². The van der Waals surface area contributed by atoms with E-state index in [-0.39, 0.29) is 0 Å². The molecule has 0 atom stereocenters. The molecule has 2 aliphatic rings. The SMILES string of the molecule is C1=Cc2c(c(-c3ccc4c5c6ccccc6ccc5n(-c5ccccc5)c4c3)c3c(c2-c2ccccc2)=CCCC=3)CC1. The monoisotopic (exact) mass is 549 g/mol. The molecular weight excluding hydrogens is 518 g/mol. The lowest BCUT2D eigenvalue weighted by atomic mass is 9.80. The van der Waals surface area contributed by atoms with E-state index in [9.17, 15) is 0 Å². The highest BCUT2D eigenvalue weighted by Gasteiger charge is 2.22. The van der Waals surface area contributed by atoms with Crippen LogP contribution in [0.2, 0.25) is 0 Å². The van der Waals surface area contributed by atoms with Crippen LogP contribution in [0.15, 0.2) is 121 Å². The molecule has 1 heteroatoms. The molecule has 0 amide bonds. The highest BCUT2D eigenvalue weighted by molar-refractivity contribution is 6.21. The number of hydrogen-bond acceptors (Lipinski definition) is 0. The summed E-state index contributed by atoms with van der Waals surface area (Å²) in [6.45, 7) is 0. The molecule has 0 fully saturated rings. The maximum Gasteiger partial charge on any atom is 0.0547 e. The van der Waals surface area contributed by atoms with Crippen molar-refractivity contribution in [2.75, 3.05) is 0 Å². The van der Waals surface area contributed by atoms with Gasteiger partial charge in [0.25, 0.3) is 0 Å². The maximum atomic E-state index is 2.50. The zero-order valence-electron chi connectivity index (χ0n) is 24.1. The smallest absolute Gasteiger partial charge is 0.0547 e. The van der Waals surface area contributed by atoms with Crippen LogP contribution >= 0.6 is 0 Å².